The van der Waals surface area contributed by atoms with Gasteiger partial charge in [-0.05, 0) is 64.9 Å². The number of esters is 1. The highest BCUT2D eigenvalue weighted by molar-refractivity contribution is 6.39. The lowest BCUT2D eigenvalue weighted by Gasteiger charge is -2.26. The molecule has 0 atom stereocenters. The molecule has 4 aromatic rings. The summed E-state index contributed by atoms with van der Waals surface area (Å²) in [5, 5.41) is 4.67. The van der Waals surface area contributed by atoms with Crippen LogP contribution in [0.4, 0.5) is 10.5 Å². The molecule has 4 aromatic carbocycles. The summed E-state index contributed by atoms with van der Waals surface area (Å²) in [6, 6.07) is 23.5. The number of nitrogens with zero attached hydrogens (tertiary/aromatic N) is 1. The van der Waals surface area contributed by atoms with Crippen molar-refractivity contribution in [3.63, 3.8) is 0 Å². The lowest BCUT2D eigenvalue weighted by Crippen LogP contribution is -2.54. The summed E-state index contributed by atoms with van der Waals surface area (Å²) >= 11 is 6.23. The highest BCUT2D eigenvalue weighted by Gasteiger charge is 2.37. The van der Waals surface area contributed by atoms with E-state index in [1.807, 2.05) is 42.5 Å². The number of imide groups is 2. The van der Waals surface area contributed by atoms with E-state index in [2.05, 4.69) is 10.1 Å². The fourth-order valence-corrected chi connectivity index (χ4v) is 4.43. The Morgan fingerprint density at radius 2 is 1.69 bits per heavy atom. The SMILES string of the molecule is COC(=O)c1ccc(N2C(=O)NC(=O)/C(=C\c3cc(Cl)ccc3OCc3cccc4ccccc34)C2=O)cc1. The van der Waals surface area contributed by atoms with Crippen molar-refractivity contribution in [1.29, 1.82) is 0 Å². The third-order valence-corrected chi connectivity index (χ3v) is 6.42. The zero-order valence-electron chi connectivity index (χ0n) is 20.6. The summed E-state index contributed by atoms with van der Waals surface area (Å²) in [5.74, 6) is -1.86. The summed E-state index contributed by atoms with van der Waals surface area (Å²) in [6.07, 6.45) is 1.34. The summed E-state index contributed by atoms with van der Waals surface area (Å²) in [7, 11) is 1.25. The number of methoxy groups -OCH3 is 1. The van der Waals surface area contributed by atoms with Crippen molar-refractivity contribution in [2.24, 2.45) is 0 Å². The fourth-order valence-electron chi connectivity index (χ4n) is 4.25. The van der Waals surface area contributed by atoms with Crippen LogP contribution < -0.4 is 15.0 Å². The highest BCUT2D eigenvalue weighted by Crippen LogP contribution is 2.29. The molecule has 39 heavy (non-hydrogen) atoms. The number of urea groups is 1. The molecule has 1 aliphatic rings. The number of fused-ring (bicyclic) bond motifs is 1. The van der Waals surface area contributed by atoms with Crippen LogP contribution in [0.5, 0.6) is 5.75 Å². The lowest BCUT2D eigenvalue weighted by atomic mass is 10.0. The van der Waals surface area contributed by atoms with Gasteiger partial charge in [-0.25, -0.2) is 14.5 Å². The molecule has 1 aliphatic heterocycles. The number of carbonyl (C=O) groups excluding carboxylic acids is 4. The fraction of sp³-hybridized carbons (Fsp3) is 0.0667. The number of ether oxygens (including phenoxy) is 2. The Bertz CT molecular complexity index is 1660. The van der Waals surface area contributed by atoms with Gasteiger partial charge < -0.3 is 9.47 Å². The van der Waals surface area contributed by atoms with Gasteiger partial charge in [-0.3, -0.25) is 14.9 Å². The zero-order chi connectivity index (χ0) is 27.5. The number of hydrogen-bond acceptors (Lipinski definition) is 6. The molecule has 194 valence electrons. The first kappa shape index (κ1) is 25.7. The monoisotopic (exact) mass is 540 g/mol. The van der Waals surface area contributed by atoms with Gasteiger partial charge in [-0.15, -0.1) is 0 Å². The molecule has 0 unspecified atom stereocenters. The predicted molar refractivity (Wildman–Crippen MR) is 147 cm³/mol. The number of nitrogens with one attached hydrogen (secondary N) is 1. The molecular formula is C30H21ClN2O6. The number of benzene rings is 4. The highest BCUT2D eigenvalue weighted by atomic mass is 35.5. The minimum absolute atomic E-state index is 0.169. The smallest absolute Gasteiger partial charge is 0.337 e. The normalized spacial score (nSPS) is 14.5. The maximum absolute atomic E-state index is 13.4. The van der Waals surface area contributed by atoms with Crippen molar-refractivity contribution in [3.05, 3.63) is 112 Å². The van der Waals surface area contributed by atoms with E-state index >= 15 is 0 Å². The second-order valence-corrected chi connectivity index (χ2v) is 9.04. The van der Waals surface area contributed by atoms with Gasteiger partial charge in [0.15, 0.2) is 0 Å². The van der Waals surface area contributed by atoms with Crippen molar-refractivity contribution in [2.45, 2.75) is 6.61 Å². The number of carbonyl (C=O) groups is 4. The average Bonchev–Trinajstić information content (AvgIpc) is 2.94. The molecular weight excluding hydrogens is 520 g/mol. The third-order valence-electron chi connectivity index (χ3n) is 6.18. The van der Waals surface area contributed by atoms with Crippen LogP contribution >= 0.6 is 11.6 Å². The number of hydrogen-bond donors (Lipinski definition) is 1. The van der Waals surface area contributed by atoms with Crippen LogP contribution in [0.1, 0.15) is 21.5 Å². The van der Waals surface area contributed by atoms with Crippen LogP contribution in [0.15, 0.2) is 90.5 Å². The number of anilines is 1. The van der Waals surface area contributed by atoms with E-state index < -0.39 is 23.8 Å². The van der Waals surface area contributed by atoms with Gasteiger partial charge in [0.25, 0.3) is 11.8 Å². The van der Waals surface area contributed by atoms with Gasteiger partial charge >= 0.3 is 12.0 Å². The quantitative estimate of drug-likeness (QED) is 0.196. The van der Waals surface area contributed by atoms with Crippen molar-refractivity contribution in [2.75, 3.05) is 12.0 Å². The largest absolute Gasteiger partial charge is 0.488 e. The van der Waals surface area contributed by atoms with Gasteiger partial charge in [0.05, 0.1) is 18.4 Å². The molecule has 8 nitrogen and oxygen atoms in total. The van der Waals surface area contributed by atoms with Gasteiger partial charge in [0, 0.05) is 10.6 Å². The van der Waals surface area contributed by atoms with Crippen LogP contribution in [0.2, 0.25) is 5.02 Å². The Labute approximate surface area is 228 Å². The van der Waals surface area contributed by atoms with Crippen molar-refractivity contribution < 1.29 is 28.7 Å². The van der Waals surface area contributed by atoms with E-state index in [1.165, 1.54) is 37.5 Å². The summed E-state index contributed by atoms with van der Waals surface area (Å²) in [4.78, 5) is 51.2. The molecule has 4 amide bonds. The van der Waals surface area contributed by atoms with Gasteiger partial charge in [0.2, 0.25) is 0 Å². The average molecular weight is 541 g/mol. The number of halogens is 1. The van der Waals surface area contributed by atoms with E-state index in [-0.39, 0.29) is 23.4 Å². The van der Waals surface area contributed by atoms with Crippen LogP contribution in [0.25, 0.3) is 16.8 Å². The van der Waals surface area contributed by atoms with Crippen molar-refractivity contribution in [1.82, 2.24) is 5.32 Å². The molecule has 1 N–H and O–H groups in total. The minimum atomic E-state index is -0.911. The van der Waals surface area contributed by atoms with E-state index in [0.29, 0.717) is 16.3 Å². The standard InChI is InChI=1S/C30H21ClN2O6/c1-38-29(36)19-9-12-23(13-10-19)33-28(35)25(27(34)32-30(33)37)16-21-15-22(31)11-14-26(21)39-17-20-7-4-6-18-5-2-3-8-24(18)20/h2-16H,17H2,1H3,(H,32,34,37)/b25-16+. The van der Waals surface area contributed by atoms with Crippen LogP contribution in [-0.2, 0) is 20.9 Å². The molecule has 0 radical (unpaired) electrons. The lowest BCUT2D eigenvalue weighted by molar-refractivity contribution is -0.122. The molecule has 1 fully saturated rings. The first-order chi connectivity index (χ1) is 18.9. The molecule has 0 aliphatic carbocycles. The van der Waals surface area contributed by atoms with E-state index in [1.54, 1.807) is 18.2 Å². The first-order valence-corrected chi connectivity index (χ1v) is 12.2. The van der Waals surface area contributed by atoms with E-state index in [4.69, 9.17) is 16.3 Å². The Kier molecular flexibility index (Phi) is 7.12. The Hall–Kier alpha value is -4.95. The molecule has 0 bridgehead atoms. The van der Waals surface area contributed by atoms with Gasteiger partial charge in [-0.1, -0.05) is 54.1 Å². The Morgan fingerprint density at radius 1 is 0.949 bits per heavy atom. The first-order valence-electron chi connectivity index (χ1n) is 11.8. The molecule has 0 spiro atoms. The number of barbiturate groups is 1. The van der Waals surface area contributed by atoms with Gasteiger partial charge in [0.1, 0.15) is 17.9 Å². The molecule has 1 saturated heterocycles. The number of amides is 4. The zero-order valence-corrected chi connectivity index (χ0v) is 21.4. The molecule has 5 rings (SSSR count). The van der Waals surface area contributed by atoms with Crippen LogP contribution in [0.3, 0.4) is 0 Å². The van der Waals surface area contributed by atoms with E-state index in [0.717, 1.165) is 21.2 Å². The maximum atomic E-state index is 13.4. The molecule has 9 heteroatoms. The summed E-state index contributed by atoms with van der Waals surface area (Å²) in [5.41, 5.74) is 1.47. The molecule has 1 heterocycles. The number of rotatable bonds is 6. The summed E-state index contributed by atoms with van der Waals surface area (Å²) in [6.45, 7) is 0.233. The van der Waals surface area contributed by atoms with Crippen molar-refractivity contribution >= 4 is 58.0 Å². The van der Waals surface area contributed by atoms with Crippen LogP contribution in [-0.4, -0.2) is 30.9 Å². The predicted octanol–water partition coefficient (Wildman–Crippen LogP) is 5.53. The topological polar surface area (TPSA) is 102 Å². The third kappa shape index (κ3) is 5.23. The van der Waals surface area contributed by atoms with Crippen molar-refractivity contribution in [3.8, 4) is 5.75 Å². The minimum Gasteiger partial charge on any atom is -0.488 e. The second-order valence-electron chi connectivity index (χ2n) is 8.61. The van der Waals surface area contributed by atoms with Crippen LogP contribution in [0, 0.1) is 0 Å². The second kappa shape index (κ2) is 10.8. The van der Waals surface area contributed by atoms with Gasteiger partial charge in [-0.2, -0.15) is 0 Å². The Balaban J connectivity index is 1.46. The summed E-state index contributed by atoms with van der Waals surface area (Å²) < 4.78 is 10.8. The molecule has 0 aromatic heterocycles. The van der Waals surface area contributed by atoms with E-state index in [9.17, 15) is 19.2 Å². The molecule has 0 saturated carbocycles. The maximum Gasteiger partial charge on any atom is 0.337 e. The Morgan fingerprint density at radius 3 is 2.46 bits per heavy atom.